The van der Waals surface area contributed by atoms with Gasteiger partial charge in [-0.25, -0.2) is 0 Å². The summed E-state index contributed by atoms with van der Waals surface area (Å²) in [5.74, 6) is 1.42. The summed E-state index contributed by atoms with van der Waals surface area (Å²) >= 11 is 0. The Morgan fingerprint density at radius 1 is 1.12 bits per heavy atom. The zero-order valence-corrected chi connectivity index (χ0v) is 14.3. The molecule has 0 heterocycles. The molecule has 3 nitrogen and oxygen atoms in total. The van der Waals surface area contributed by atoms with Crippen molar-refractivity contribution < 1.29 is 4.74 Å². The van der Waals surface area contributed by atoms with E-state index in [1.54, 1.807) is 7.11 Å². The van der Waals surface area contributed by atoms with Crippen LogP contribution in [0.5, 0.6) is 5.75 Å². The Balaban J connectivity index is 1.88. The number of hydrogen-bond donors (Lipinski definition) is 1. The molecule has 4 rings (SSSR count). The predicted molar refractivity (Wildman–Crippen MR) is 98.9 cm³/mol. The van der Waals surface area contributed by atoms with Gasteiger partial charge in [0.15, 0.2) is 0 Å². The van der Waals surface area contributed by atoms with Gasteiger partial charge in [-0.1, -0.05) is 36.4 Å². The average Bonchev–Trinajstić information content (AvgIpc) is 2.67. The lowest BCUT2D eigenvalue weighted by atomic mass is 9.64. The lowest BCUT2D eigenvalue weighted by Crippen LogP contribution is -2.29. The van der Waals surface area contributed by atoms with Crippen LogP contribution in [0.1, 0.15) is 35.4 Å². The summed E-state index contributed by atoms with van der Waals surface area (Å²) in [6.07, 6.45) is 2.64. The zero-order chi connectivity index (χ0) is 17.4. The highest BCUT2D eigenvalue weighted by atomic mass is 16.5. The Kier molecular flexibility index (Phi) is 3.89. The lowest BCUT2D eigenvalue weighted by molar-refractivity contribution is 0.413. The van der Waals surface area contributed by atoms with Crippen LogP contribution in [0.15, 0.2) is 54.1 Å². The van der Waals surface area contributed by atoms with Crippen molar-refractivity contribution in [2.45, 2.75) is 25.2 Å². The first-order chi connectivity index (χ1) is 12.2. The van der Waals surface area contributed by atoms with E-state index in [2.05, 4.69) is 42.5 Å². The first-order valence-electron chi connectivity index (χ1n) is 8.67. The van der Waals surface area contributed by atoms with Crippen molar-refractivity contribution in [3.8, 4) is 11.8 Å². The molecule has 0 amide bonds. The summed E-state index contributed by atoms with van der Waals surface area (Å²) in [5, 5.41) is 18.2. The molecular weight excluding hydrogens is 308 g/mol. The number of ether oxygens (including phenoxy) is 1. The molecule has 2 aliphatic carbocycles. The SMILES string of the molecule is COc1ccc2c(c1)CC[C@H]1C2=C(C#N)C(=N)C[C@@H]1c1ccccc1. The summed E-state index contributed by atoms with van der Waals surface area (Å²) in [6.45, 7) is 0. The van der Waals surface area contributed by atoms with Gasteiger partial charge in [-0.3, -0.25) is 0 Å². The molecule has 0 bridgehead atoms. The highest BCUT2D eigenvalue weighted by Crippen LogP contribution is 2.50. The van der Waals surface area contributed by atoms with Crippen LogP contribution in [-0.4, -0.2) is 12.8 Å². The van der Waals surface area contributed by atoms with E-state index in [-0.39, 0.29) is 5.92 Å². The van der Waals surface area contributed by atoms with E-state index in [9.17, 15) is 5.26 Å². The second kappa shape index (κ2) is 6.22. The Morgan fingerprint density at radius 2 is 1.92 bits per heavy atom. The zero-order valence-electron chi connectivity index (χ0n) is 14.3. The molecule has 2 aliphatic rings. The van der Waals surface area contributed by atoms with Crippen molar-refractivity contribution in [1.82, 2.24) is 0 Å². The molecule has 25 heavy (non-hydrogen) atoms. The van der Waals surface area contributed by atoms with E-state index >= 15 is 0 Å². The first kappa shape index (κ1) is 15.7. The molecule has 0 aliphatic heterocycles. The summed E-state index contributed by atoms with van der Waals surface area (Å²) < 4.78 is 5.36. The normalized spacial score (nSPS) is 22.0. The molecule has 0 saturated carbocycles. The Morgan fingerprint density at radius 3 is 2.64 bits per heavy atom. The standard InChI is InChI=1S/C22H20N2O/c1-25-16-8-10-17-15(11-16)7-9-18-19(14-5-3-2-4-6-14)12-21(24)20(13-23)22(17)18/h2-6,8,10-11,18-19,24H,7,9,12H2,1H3/t18-,19-/m1/s1. The van der Waals surface area contributed by atoms with E-state index in [1.807, 2.05) is 12.1 Å². The molecule has 2 aromatic rings. The summed E-state index contributed by atoms with van der Waals surface area (Å²) in [4.78, 5) is 0. The van der Waals surface area contributed by atoms with Gasteiger partial charge >= 0.3 is 0 Å². The molecule has 0 fully saturated rings. The Bertz CT molecular complexity index is 905. The Hall–Kier alpha value is -2.86. The van der Waals surface area contributed by atoms with Gasteiger partial charge in [0.2, 0.25) is 0 Å². The molecule has 124 valence electrons. The van der Waals surface area contributed by atoms with Crippen molar-refractivity contribution in [3.05, 3.63) is 70.8 Å². The first-order valence-corrected chi connectivity index (χ1v) is 8.67. The number of benzene rings is 2. The van der Waals surface area contributed by atoms with Crippen molar-refractivity contribution in [1.29, 1.82) is 10.7 Å². The van der Waals surface area contributed by atoms with Crippen molar-refractivity contribution in [2.24, 2.45) is 5.92 Å². The molecule has 0 radical (unpaired) electrons. The van der Waals surface area contributed by atoms with Crippen LogP contribution in [0.4, 0.5) is 0 Å². The maximum absolute atomic E-state index is 9.71. The largest absolute Gasteiger partial charge is 0.497 e. The summed E-state index contributed by atoms with van der Waals surface area (Å²) in [7, 11) is 1.68. The van der Waals surface area contributed by atoms with Gasteiger partial charge in [-0.05, 0) is 65.5 Å². The number of aryl methyl sites for hydroxylation is 1. The third-order valence-electron chi connectivity index (χ3n) is 5.52. The minimum Gasteiger partial charge on any atom is -0.497 e. The van der Waals surface area contributed by atoms with E-state index in [1.165, 1.54) is 11.1 Å². The fourth-order valence-electron chi connectivity index (χ4n) is 4.35. The van der Waals surface area contributed by atoms with E-state index in [0.717, 1.165) is 29.7 Å². The van der Waals surface area contributed by atoms with Gasteiger partial charge in [0.05, 0.1) is 18.4 Å². The highest BCUT2D eigenvalue weighted by Gasteiger charge is 2.38. The highest BCUT2D eigenvalue weighted by molar-refractivity contribution is 6.10. The van der Waals surface area contributed by atoms with Crippen LogP contribution < -0.4 is 4.74 Å². The van der Waals surface area contributed by atoms with Crippen LogP contribution in [-0.2, 0) is 6.42 Å². The van der Waals surface area contributed by atoms with Crippen molar-refractivity contribution >= 4 is 11.3 Å². The number of nitrogens with zero attached hydrogens (tertiary/aromatic N) is 1. The molecule has 1 N–H and O–H groups in total. The second-order valence-corrected chi connectivity index (χ2v) is 6.77. The number of allylic oxidation sites excluding steroid dienone is 2. The molecule has 0 aromatic heterocycles. The van der Waals surface area contributed by atoms with Crippen LogP contribution in [0.2, 0.25) is 0 Å². The van der Waals surface area contributed by atoms with Crippen LogP contribution >= 0.6 is 0 Å². The molecule has 2 aromatic carbocycles. The topological polar surface area (TPSA) is 56.9 Å². The van der Waals surface area contributed by atoms with E-state index < -0.39 is 0 Å². The number of methoxy groups -OCH3 is 1. The second-order valence-electron chi connectivity index (χ2n) is 6.77. The number of nitriles is 1. The smallest absolute Gasteiger partial charge is 0.119 e. The minimum atomic E-state index is 0.274. The maximum atomic E-state index is 9.71. The van der Waals surface area contributed by atoms with E-state index in [0.29, 0.717) is 23.6 Å². The molecule has 3 heteroatoms. The number of fused-ring (bicyclic) bond motifs is 3. The third kappa shape index (κ3) is 2.55. The van der Waals surface area contributed by atoms with Crippen molar-refractivity contribution in [2.75, 3.05) is 7.11 Å². The van der Waals surface area contributed by atoms with Gasteiger partial charge in [0.25, 0.3) is 0 Å². The summed E-state index contributed by atoms with van der Waals surface area (Å²) in [5.41, 5.74) is 5.72. The lowest BCUT2D eigenvalue weighted by Gasteiger charge is -2.38. The van der Waals surface area contributed by atoms with Gasteiger partial charge in [-0.15, -0.1) is 0 Å². The van der Waals surface area contributed by atoms with Gasteiger partial charge < -0.3 is 10.1 Å². The van der Waals surface area contributed by atoms with Gasteiger partial charge in [0, 0.05) is 0 Å². The Labute approximate surface area is 148 Å². The van der Waals surface area contributed by atoms with Crippen LogP contribution in [0.3, 0.4) is 0 Å². The molecular formula is C22H20N2O. The monoisotopic (exact) mass is 328 g/mol. The number of rotatable bonds is 2. The molecule has 0 saturated heterocycles. The quantitative estimate of drug-likeness (QED) is 0.865. The average molecular weight is 328 g/mol. The van der Waals surface area contributed by atoms with Crippen molar-refractivity contribution in [3.63, 3.8) is 0 Å². The molecule has 0 unspecified atom stereocenters. The van der Waals surface area contributed by atoms with Crippen LogP contribution in [0.25, 0.3) is 5.57 Å². The van der Waals surface area contributed by atoms with Crippen LogP contribution in [0, 0.1) is 22.7 Å². The fourth-order valence-corrected chi connectivity index (χ4v) is 4.35. The van der Waals surface area contributed by atoms with Gasteiger partial charge in [0.1, 0.15) is 11.8 Å². The van der Waals surface area contributed by atoms with E-state index in [4.69, 9.17) is 10.1 Å². The molecule has 2 atom stereocenters. The number of hydrogen-bond acceptors (Lipinski definition) is 3. The third-order valence-corrected chi connectivity index (χ3v) is 5.52. The van der Waals surface area contributed by atoms with Gasteiger partial charge in [-0.2, -0.15) is 5.26 Å². The summed E-state index contributed by atoms with van der Waals surface area (Å²) in [6, 6.07) is 18.9. The molecule has 0 spiro atoms. The maximum Gasteiger partial charge on any atom is 0.119 e. The number of nitrogens with one attached hydrogen (secondary N) is 1. The predicted octanol–water partition coefficient (Wildman–Crippen LogP) is 4.74. The minimum absolute atomic E-state index is 0.274. The fraction of sp³-hybridized carbons (Fsp3) is 0.273.